The molecule has 0 aromatic carbocycles. The smallest absolute Gasteiger partial charge is 0.224 e. The van der Waals surface area contributed by atoms with E-state index in [0.29, 0.717) is 17.2 Å². The van der Waals surface area contributed by atoms with Crippen molar-refractivity contribution in [2.24, 2.45) is 11.3 Å². The van der Waals surface area contributed by atoms with Crippen molar-refractivity contribution in [1.82, 2.24) is 9.97 Å². The third-order valence-electron chi connectivity index (χ3n) is 3.72. The number of nitrogens with zero attached hydrogens (tertiary/aromatic N) is 3. The number of halogens is 2. The molecule has 0 radical (unpaired) electrons. The summed E-state index contributed by atoms with van der Waals surface area (Å²) in [5.74, 6) is 0.616. The van der Waals surface area contributed by atoms with Gasteiger partial charge in [-0.15, -0.1) is 0 Å². The second-order valence-corrected chi connectivity index (χ2v) is 6.28. The molecule has 1 aromatic heterocycles. The molecule has 5 heteroatoms. The van der Waals surface area contributed by atoms with Crippen molar-refractivity contribution < 1.29 is 4.39 Å². The van der Waals surface area contributed by atoms with Crippen molar-refractivity contribution in [1.29, 1.82) is 0 Å². The van der Waals surface area contributed by atoms with E-state index in [-0.39, 0.29) is 5.28 Å². The van der Waals surface area contributed by atoms with E-state index in [1.807, 2.05) is 4.90 Å². The van der Waals surface area contributed by atoms with Gasteiger partial charge in [0.25, 0.3) is 0 Å². The Labute approximate surface area is 112 Å². The SMILES string of the molecule is CC(C)(C)C1CCN(c2nc(Cl)ncc2F)CC1. The monoisotopic (exact) mass is 271 g/mol. The number of hydrogen-bond acceptors (Lipinski definition) is 3. The van der Waals surface area contributed by atoms with Crippen LogP contribution in [0.1, 0.15) is 33.6 Å². The fourth-order valence-corrected chi connectivity index (χ4v) is 2.65. The summed E-state index contributed by atoms with van der Waals surface area (Å²) in [6, 6.07) is 0. The Morgan fingerprint density at radius 2 is 1.94 bits per heavy atom. The van der Waals surface area contributed by atoms with E-state index < -0.39 is 5.82 Å². The minimum absolute atomic E-state index is 0.101. The molecule has 0 saturated carbocycles. The highest BCUT2D eigenvalue weighted by molar-refractivity contribution is 6.28. The Bertz CT molecular complexity index is 423. The summed E-state index contributed by atoms with van der Waals surface area (Å²) in [6.07, 6.45) is 3.26. The first-order valence-corrected chi connectivity index (χ1v) is 6.68. The molecule has 1 aliphatic heterocycles. The lowest BCUT2D eigenvalue weighted by Gasteiger charge is -2.39. The third-order valence-corrected chi connectivity index (χ3v) is 3.90. The van der Waals surface area contributed by atoms with Crippen LogP contribution in [0, 0.1) is 17.2 Å². The zero-order valence-corrected chi connectivity index (χ0v) is 11.8. The zero-order valence-electron chi connectivity index (χ0n) is 11.1. The van der Waals surface area contributed by atoms with Gasteiger partial charge in [0, 0.05) is 13.1 Å². The maximum absolute atomic E-state index is 13.7. The van der Waals surface area contributed by atoms with Crippen molar-refractivity contribution >= 4 is 17.4 Å². The largest absolute Gasteiger partial charge is 0.354 e. The highest BCUT2D eigenvalue weighted by Gasteiger charge is 2.30. The van der Waals surface area contributed by atoms with Crippen molar-refractivity contribution in [2.45, 2.75) is 33.6 Å². The molecule has 0 spiro atoms. The second-order valence-electron chi connectivity index (χ2n) is 5.94. The van der Waals surface area contributed by atoms with Crippen LogP contribution in [-0.4, -0.2) is 23.1 Å². The van der Waals surface area contributed by atoms with Crippen LogP contribution >= 0.6 is 11.6 Å². The molecule has 0 aliphatic carbocycles. The van der Waals surface area contributed by atoms with Gasteiger partial charge in [-0.2, -0.15) is 4.98 Å². The van der Waals surface area contributed by atoms with E-state index in [2.05, 4.69) is 30.7 Å². The molecule has 0 N–H and O–H groups in total. The first-order chi connectivity index (χ1) is 8.38. The predicted octanol–water partition coefficient (Wildman–Crippen LogP) is 3.53. The number of piperidine rings is 1. The third kappa shape index (κ3) is 2.91. The standard InChI is InChI=1S/C13H19ClFN3/c1-13(2,3)9-4-6-18(7-5-9)11-10(15)8-16-12(14)17-11/h8-9H,4-7H2,1-3H3. The topological polar surface area (TPSA) is 29.0 Å². The van der Waals surface area contributed by atoms with E-state index in [9.17, 15) is 4.39 Å². The molecule has 2 rings (SSSR count). The van der Waals surface area contributed by atoms with Crippen LogP contribution in [0.15, 0.2) is 6.20 Å². The summed E-state index contributed by atoms with van der Waals surface area (Å²) in [4.78, 5) is 9.59. The lowest BCUT2D eigenvalue weighted by molar-refractivity contribution is 0.198. The van der Waals surface area contributed by atoms with Crippen molar-refractivity contribution in [2.75, 3.05) is 18.0 Å². The van der Waals surface area contributed by atoms with Gasteiger partial charge < -0.3 is 4.90 Å². The van der Waals surface area contributed by atoms with Crippen molar-refractivity contribution in [3.05, 3.63) is 17.3 Å². The molecule has 1 fully saturated rings. The maximum atomic E-state index is 13.7. The van der Waals surface area contributed by atoms with Crippen molar-refractivity contribution in [3.8, 4) is 0 Å². The van der Waals surface area contributed by atoms with Crippen LogP contribution in [-0.2, 0) is 0 Å². The first-order valence-electron chi connectivity index (χ1n) is 6.31. The van der Waals surface area contributed by atoms with Crippen LogP contribution < -0.4 is 4.90 Å². The second kappa shape index (κ2) is 5.00. The molecule has 1 saturated heterocycles. The van der Waals surface area contributed by atoms with E-state index in [1.54, 1.807) is 0 Å². The van der Waals surface area contributed by atoms with E-state index in [0.717, 1.165) is 32.1 Å². The molecular weight excluding hydrogens is 253 g/mol. The lowest BCUT2D eigenvalue weighted by Crippen LogP contribution is -2.38. The van der Waals surface area contributed by atoms with Gasteiger partial charge in [0.05, 0.1) is 6.20 Å². The number of anilines is 1. The normalized spacial score (nSPS) is 18.2. The average molecular weight is 272 g/mol. The molecule has 0 bridgehead atoms. The molecule has 100 valence electrons. The average Bonchev–Trinajstić information content (AvgIpc) is 2.31. The molecule has 0 amide bonds. The Morgan fingerprint density at radius 3 is 2.50 bits per heavy atom. The van der Waals surface area contributed by atoms with Gasteiger partial charge in [-0.3, -0.25) is 0 Å². The summed E-state index contributed by atoms with van der Waals surface area (Å²) < 4.78 is 13.7. The zero-order chi connectivity index (χ0) is 13.3. The van der Waals surface area contributed by atoms with Crippen molar-refractivity contribution in [3.63, 3.8) is 0 Å². The maximum Gasteiger partial charge on any atom is 0.224 e. The molecule has 1 aromatic rings. The van der Waals surface area contributed by atoms with Gasteiger partial charge in [0.2, 0.25) is 5.28 Å². The fourth-order valence-electron chi connectivity index (χ4n) is 2.52. The van der Waals surface area contributed by atoms with Gasteiger partial charge in [-0.1, -0.05) is 20.8 Å². The van der Waals surface area contributed by atoms with Crippen LogP contribution in [0.3, 0.4) is 0 Å². The minimum atomic E-state index is -0.395. The molecule has 18 heavy (non-hydrogen) atoms. The molecule has 2 heterocycles. The Morgan fingerprint density at radius 1 is 1.33 bits per heavy atom. The summed E-state index contributed by atoms with van der Waals surface area (Å²) in [7, 11) is 0. The van der Waals surface area contributed by atoms with Gasteiger partial charge in [-0.25, -0.2) is 9.37 Å². The van der Waals surface area contributed by atoms with Gasteiger partial charge in [0.1, 0.15) is 0 Å². The van der Waals surface area contributed by atoms with Gasteiger partial charge in [-0.05, 0) is 35.8 Å². The lowest BCUT2D eigenvalue weighted by atomic mass is 9.75. The molecule has 3 nitrogen and oxygen atoms in total. The summed E-state index contributed by atoms with van der Waals surface area (Å²) in [5, 5.41) is 0.101. The quantitative estimate of drug-likeness (QED) is 0.732. The van der Waals surface area contributed by atoms with Crippen LogP contribution in [0.2, 0.25) is 5.28 Å². The van der Waals surface area contributed by atoms with Crippen LogP contribution in [0.4, 0.5) is 10.2 Å². The summed E-state index contributed by atoms with van der Waals surface area (Å²) in [5.41, 5.74) is 0.313. The number of hydrogen-bond donors (Lipinski definition) is 0. The van der Waals surface area contributed by atoms with E-state index >= 15 is 0 Å². The van der Waals surface area contributed by atoms with E-state index in [1.165, 1.54) is 0 Å². The summed E-state index contributed by atoms with van der Waals surface area (Å²) >= 11 is 5.72. The van der Waals surface area contributed by atoms with Gasteiger partial charge in [0.15, 0.2) is 11.6 Å². The predicted molar refractivity (Wildman–Crippen MR) is 71.4 cm³/mol. The molecule has 0 atom stereocenters. The van der Waals surface area contributed by atoms with Crippen LogP contribution in [0.25, 0.3) is 0 Å². The Balaban J connectivity index is 2.08. The number of rotatable bonds is 1. The molecular formula is C13H19ClFN3. The fraction of sp³-hybridized carbons (Fsp3) is 0.692. The molecule has 0 unspecified atom stereocenters. The highest BCUT2D eigenvalue weighted by Crippen LogP contribution is 2.35. The number of aromatic nitrogens is 2. The summed E-state index contributed by atoms with van der Waals surface area (Å²) in [6.45, 7) is 8.43. The molecule has 1 aliphatic rings. The van der Waals surface area contributed by atoms with Crippen LogP contribution in [0.5, 0.6) is 0 Å². The van der Waals surface area contributed by atoms with Gasteiger partial charge >= 0.3 is 0 Å². The first kappa shape index (κ1) is 13.5. The van der Waals surface area contributed by atoms with E-state index in [4.69, 9.17) is 11.6 Å². The highest BCUT2D eigenvalue weighted by atomic mass is 35.5. The minimum Gasteiger partial charge on any atom is -0.354 e. The Kier molecular flexibility index (Phi) is 3.76. The Hall–Kier alpha value is -0.900.